The summed E-state index contributed by atoms with van der Waals surface area (Å²) in [7, 11) is 1.93. The van der Waals surface area contributed by atoms with Crippen molar-refractivity contribution in [3.63, 3.8) is 0 Å². The highest BCUT2D eigenvalue weighted by Crippen LogP contribution is 2.49. The molecule has 1 aromatic carbocycles. The predicted molar refractivity (Wildman–Crippen MR) is 94.9 cm³/mol. The van der Waals surface area contributed by atoms with Gasteiger partial charge in [0.15, 0.2) is 5.82 Å². The number of nitrogens with zero attached hydrogens (tertiary/aromatic N) is 2. The van der Waals surface area contributed by atoms with Crippen LogP contribution >= 0.6 is 35.6 Å². The normalized spacial score (nSPS) is 17.2. The van der Waals surface area contributed by atoms with Gasteiger partial charge < -0.3 is 9.84 Å². The van der Waals surface area contributed by atoms with E-state index < -0.39 is 0 Å². The number of hydrogen-bond donors (Lipinski definition) is 1. The first-order valence-electron chi connectivity index (χ1n) is 7.51. The Morgan fingerprint density at radius 3 is 2.61 bits per heavy atom. The average molecular weight is 377 g/mol. The van der Waals surface area contributed by atoms with Gasteiger partial charge in [0.25, 0.3) is 0 Å². The molecule has 126 valence electrons. The average Bonchev–Trinajstić information content (AvgIpc) is 2.90. The number of hydrogen-bond acceptors (Lipinski definition) is 4. The van der Waals surface area contributed by atoms with E-state index in [0.29, 0.717) is 22.0 Å². The summed E-state index contributed by atoms with van der Waals surface area (Å²) in [5.41, 5.74) is 0.896. The molecule has 23 heavy (non-hydrogen) atoms. The van der Waals surface area contributed by atoms with E-state index in [1.54, 1.807) is 0 Å². The van der Waals surface area contributed by atoms with Gasteiger partial charge in [-0.1, -0.05) is 40.8 Å². The molecule has 4 nitrogen and oxygen atoms in total. The van der Waals surface area contributed by atoms with Crippen LogP contribution in [0.15, 0.2) is 22.7 Å². The maximum Gasteiger partial charge on any atom is 0.237 e. The lowest BCUT2D eigenvalue weighted by molar-refractivity contribution is 0.216. The zero-order valence-electron chi connectivity index (χ0n) is 13.1. The number of rotatable bonds is 5. The molecule has 1 heterocycles. The Morgan fingerprint density at radius 1 is 1.30 bits per heavy atom. The third-order valence-electron chi connectivity index (χ3n) is 4.54. The second kappa shape index (κ2) is 7.39. The Kier molecular flexibility index (Phi) is 5.95. The van der Waals surface area contributed by atoms with E-state index in [2.05, 4.69) is 22.4 Å². The van der Waals surface area contributed by atoms with E-state index >= 15 is 0 Å². The SMILES string of the molecule is CNC(C)Cc1noc(C2(c3ccc(Cl)c(Cl)c3)CCC2)n1.Cl. The van der Waals surface area contributed by atoms with Gasteiger partial charge in [-0.2, -0.15) is 4.98 Å². The van der Waals surface area contributed by atoms with E-state index in [1.807, 2.05) is 25.2 Å². The van der Waals surface area contributed by atoms with Crippen LogP contribution in [0.1, 0.15) is 43.5 Å². The van der Waals surface area contributed by atoms with Gasteiger partial charge in [-0.15, -0.1) is 12.4 Å². The Morgan fingerprint density at radius 2 is 2.04 bits per heavy atom. The van der Waals surface area contributed by atoms with Crippen molar-refractivity contribution < 1.29 is 4.52 Å². The quantitative estimate of drug-likeness (QED) is 0.839. The molecule has 1 aliphatic carbocycles. The minimum atomic E-state index is -0.206. The molecule has 2 aromatic rings. The van der Waals surface area contributed by atoms with Crippen molar-refractivity contribution in [2.24, 2.45) is 0 Å². The molecule has 1 aliphatic rings. The van der Waals surface area contributed by atoms with Gasteiger partial charge in [0, 0.05) is 12.5 Å². The van der Waals surface area contributed by atoms with E-state index in [9.17, 15) is 0 Å². The summed E-state index contributed by atoms with van der Waals surface area (Å²) in [5.74, 6) is 1.43. The number of benzene rings is 1. The highest BCUT2D eigenvalue weighted by Gasteiger charge is 2.45. The van der Waals surface area contributed by atoms with E-state index in [-0.39, 0.29) is 17.8 Å². The molecule has 3 rings (SSSR count). The molecule has 1 aromatic heterocycles. The van der Waals surface area contributed by atoms with Gasteiger partial charge in [0.05, 0.1) is 15.5 Å². The molecule has 0 aliphatic heterocycles. The van der Waals surface area contributed by atoms with Crippen LogP contribution in [0.4, 0.5) is 0 Å². The standard InChI is InChI=1S/C16H19Cl2N3O.ClH/c1-10(19-2)8-14-20-15(22-21-14)16(6-3-7-16)11-4-5-12(17)13(18)9-11;/h4-5,9-10,19H,3,6-8H2,1-2H3;1H. The van der Waals surface area contributed by atoms with Crippen LogP contribution in [-0.2, 0) is 11.8 Å². The lowest BCUT2D eigenvalue weighted by Crippen LogP contribution is -2.36. The zero-order chi connectivity index (χ0) is 15.7. The fraction of sp³-hybridized carbons (Fsp3) is 0.500. The molecule has 0 amide bonds. The van der Waals surface area contributed by atoms with Crippen LogP contribution < -0.4 is 5.32 Å². The zero-order valence-corrected chi connectivity index (χ0v) is 15.4. The molecule has 1 atom stereocenters. The Hall–Kier alpha value is -0.810. The molecule has 1 unspecified atom stereocenters. The van der Waals surface area contributed by atoms with Crippen molar-refractivity contribution in [1.82, 2.24) is 15.5 Å². The van der Waals surface area contributed by atoms with Gasteiger partial charge in [0.2, 0.25) is 5.89 Å². The summed E-state index contributed by atoms with van der Waals surface area (Å²) in [6, 6.07) is 6.07. The summed E-state index contributed by atoms with van der Waals surface area (Å²) in [5, 5.41) is 8.44. The third kappa shape index (κ3) is 3.50. The maximum absolute atomic E-state index is 6.17. The molecule has 0 radical (unpaired) electrons. The molecule has 1 N–H and O–H groups in total. The number of halogens is 3. The van der Waals surface area contributed by atoms with Crippen LogP contribution in [-0.4, -0.2) is 23.2 Å². The fourth-order valence-electron chi connectivity index (χ4n) is 2.86. The van der Waals surface area contributed by atoms with Crippen LogP contribution in [0.3, 0.4) is 0 Å². The summed E-state index contributed by atoms with van der Waals surface area (Å²) < 4.78 is 5.58. The minimum absolute atomic E-state index is 0. The molecular weight excluding hydrogens is 357 g/mol. The molecule has 0 saturated heterocycles. The van der Waals surface area contributed by atoms with Crippen molar-refractivity contribution >= 4 is 35.6 Å². The first-order chi connectivity index (χ1) is 10.5. The molecular formula is C16H20Cl3N3O. The first-order valence-corrected chi connectivity index (χ1v) is 8.26. The van der Waals surface area contributed by atoms with Crippen LogP contribution in [0.2, 0.25) is 10.0 Å². The minimum Gasteiger partial charge on any atom is -0.338 e. The van der Waals surface area contributed by atoms with Crippen molar-refractivity contribution in [3.8, 4) is 0 Å². The van der Waals surface area contributed by atoms with Gasteiger partial charge in [-0.25, -0.2) is 0 Å². The van der Waals surface area contributed by atoms with Gasteiger partial charge in [-0.05, 0) is 44.5 Å². The number of likely N-dealkylation sites (N-methyl/N-ethyl adjacent to an activating group) is 1. The predicted octanol–water partition coefficient (Wildman–Crippen LogP) is 4.42. The largest absolute Gasteiger partial charge is 0.338 e. The van der Waals surface area contributed by atoms with Crippen molar-refractivity contribution in [2.75, 3.05) is 7.05 Å². The van der Waals surface area contributed by atoms with Crippen LogP contribution in [0, 0.1) is 0 Å². The summed E-state index contributed by atoms with van der Waals surface area (Å²) in [6.45, 7) is 2.09. The highest BCUT2D eigenvalue weighted by atomic mass is 35.5. The second-order valence-electron chi connectivity index (χ2n) is 5.97. The molecule has 0 spiro atoms. The Bertz CT molecular complexity index is 670. The first kappa shape index (κ1) is 18.5. The molecule has 7 heteroatoms. The highest BCUT2D eigenvalue weighted by molar-refractivity contribution is 6.42. The van der Waals surface area contributed by atoms with E-state index in [1.165, 1.54) is 0 Å². The fourth-order valence-corrected chi connectivity index (χ4v) is 3.16. The summed E-state index contributed by atoms with van der Waals surface area (Å²) in [4.78, 5) is 4.63. The molecule has 1 saturated carbocycles. The monoisotopic (exact) mass is 375 g/mol. The summed E-state index contributed by atoms with van der Waals surface area (Å²) >= 11 is 12.2. The van der Waals surface area contributed by atoms with Gasteiger partial charge in [-0.3, -0.25) is 0 Å². The Balaban J connectivity index is 0.00000192. The topological polar surface area (TPSA) is 51.0 Å². The number of nitrogens with one attached hydrogen (secondary N) is 1. The lowest BCUT2D eigenvalue weighted by Gasteiger charge is -2.39. The van der Waals surface area contributed by atoms with E-state index in [4.69, 9.17) is 27.7 Å². The smallest absolute Gasteiger partial charge is 0.237 e. The van der Waals surface area contributed by atoms with Crippen molar-refractivity contribution in [1.29, 1.82) is 0 Å². The maximum atomic E-state index is 6.17. The molecule has 0 bridgehead atoms. The van der Waals surface area contributed by atoms with Crippen molar-refractivity contribution in [2.45, 2.75) is 44.1 Å². The van der Waals surface area contributed by atoms with Crippen LogP contribution in [0.5, 0.6) is 0 Å². The number of aromatic nitrogens is 2. The lowest BCUT2D eigenvalue weighted by atomic mass is 9.64. The van der Waals surface area contributed by atoms with Gasteiger partial charge >= 0.3 is 0 Å². The van der Waals surface area contributed by atoms with Crippen molar-refractivity contribution in [3.05, 3.63) is 45.5 Å². The second-order valence-corrected chi connectivity index (χ2v) is 6.79. The molecule has 1 fully saturated rings. The Labute approximate surface area is 152 Å². The summed E-state index contributed by atoms with van der Waals surface area (Å²) in [6.07, 6.45) is 3.88. The van der Waals surface area contributed by atoms with Crippen LogP contribution in [0.25, 0.3) is 0 Å². The van der Waals surface area contributed by atoms with E-state index in [0.717, 1.165) is 37.1 Å². The van der Waals surface area contributed by atoms with Gasteiger partial charge in [0.1, 0.15) is 0 Å². The third-order valence-corrected chi connectivity index (χ3v) is 5.28.